The SMILES string of the molecule is COc1ccc(OC)c(NC(=O)C2=C(C)n3nc(C)c(-c4ccc(OC)c(OC)c4)c3NN2)c1. The van der Waals surface area contributed by atoms with Gasteiger partial charge in [0.25, 0.3) is 5.91 Å². The van der Waals surface area contributed by atoms with Crippen LogP contribution in [0.25, 0.3) is 16.8 Å². The third-order valence-electron chi connectivity index (χ3n) is 5.60. The maximum atomic E-state index is 13.1. The first-order valence-electron chi connectivity index (χ1n) is 10.5. The van der Waals surface area contributed by atoms with Gasteiger partial charge in [-0.2, -0.15) is 5.10 Å². The van der Waals surface area contributed by atoms with Crippen LogP contribution in [0.2, 0.25) is 0 Å². The first-order chi connectivity index (χ1) is 16.4. The number of ether oxygens (including phenoxy) is 4. The minimum Gasteiger partial charge on any atom is -0.497 e. The summed E-state index contributed by atoms with van der Waals surface area (Å²) in [6, 6.07) is 10.9. The molecule has 0 saturated heterocycles. The normalized spacial score (nSPS) is 12.3. The van der Waals surface area contributed by atoms with Crippen molar-refractivity contribution in [3.63, 3.8) is 0 Å². The number of hydrogen-bond acceptors (Lipinski definition) is 8. The van der Waals surface area contributed by atoms with E-state index in [2.05, 4.69) is 21.3 Å². The highest BCUT2D eigenvalue weighted by Gasteiger charge is 2.27. The van der Waals surface area contributed by atoms with Crippen molar-refractivity contribution in [2.75, 3.05) is 39.2 Å². The summed E-state index contributed by atoms with van der Waals surface area (Å²) < 4.78 is 23.1. The molecule has 1 aliphatic rings. The topological polar surface area (TPSA) is 108 Å². The maximum Gasteiger partial charge on any atom is 0.275 e. The molecular weight excluding hydrogens is 438 g/mol. The van der Waals surface area contributed by atoms with E-state index in [0.717, 1.165) is 16.8 Å². The average molecular weight is 466 g/mol. The molecule has 34 heavy (non-hydrogen) atoms. The summed E-state index contributed by atoms with van der Waals surface area (Å²) in [5.41, 5.74) is 10.1. The molecule has 178 valence electrons. The van der Waals surface area contributed by atoms with Gasteiger partial charge >= 0.3 is 0 Å². The Morgan fingerprint density at radius 3 is 2.26 bits per heavy atom. The fourth-order valence-corrected chi connectivity index (χ4v) is 3.86. The molecule has 1 aromatic heterocycles. The van der Waals surface area contributed by atoms with Gasteiger partial charge in [-0.1, -0.05) is 6.07 Å². The van der Waals surface area contributed by atoms with Crippen molar-refractivity contribution in [1.82, 2.24) is 15.2 Å². The summed E-state index contributed by atoms with van der Waals surface area (Å²) in [4.78, 5) is 13.1. The Hall–Kier alpha value is -4.34. The van der Waals surface area contributed by atoms with E-state index in [1.807, 2.05) is 32.0 Å². The maximum absolute atomic E-state index is 13.1. The molecule has 3 aromatic rings. The van der Waals surface area contributed by atoms with Crippen LogP contribution in [0.3, 0.4) is 0 Å². The van der Waals surface area contributed by atoms with Crippen molar-refractivity contribution in [1.29, 1.82) is 0 Å². The van der Waals surface area contributed by atoms with Gasteiger partial charge in [0.15, 0.2) is 17.3 Å². The molecule has 0 fully saturated rings. The number of benzene rings is 2. The minimum atomic E-state index is -0.358. The summed E-state index contributed by atoms with van der Waals surface area (Å²) in [6.07, 6.45) is 0. The van der Waals surface area contributed by atoms with Crippen molar-refractivity contribution < 1.29 is 23.7 Å². The Morgan fingerprint density at radius 1 is 0.882 bits per heavy atom. The molecule has 4 rings (SSSR count). The zero-order valence-electron chi connectivity index (χ0n) is 19.9. The Kier molecular flexibility index (Phi) is 6.22. The molecule has 10 nitrogen and oxygen atoms in total. The Labute approximate surface area is 197 Å². The van der Waals surface area contributed by atoms with Crippen molar-refractivity contribution in [2.45, 2.75) is 13.8 Å². The number of nitrogens with zero attached hydrogens (tertiary/aromatic N) is 2. The van der Waals surface area contributed by atoms with Crippen LogP contribution >= 0.6 is 0 Å². The number of nitrogens with one attached hydrogen (secondary N) is 3. The van der Waals surface area contributed by atoms with Crippen LogP contribution in [-0.2, 0) is 4.79 Å². The highest BCUT2D eigenvalue weighted by Crippen LogP contribution is 2.39. The van der Waals surface area contributed by atoms with E-state index < -0.39 is 0 Å². The summed E-state index contributed by atoms with van der Waals surface area (Å²) in [7, 11) is 6.29. The quantitative estimate of drug-likeness (QED) is 0.485. The highest BCUT2D eigenvalue weighted by molar-refractivity contribution is 6.08. The van der Waals surface area contributed by atoms with Gasteiger partial charge in [0.05, 0.1) is 45.5 Å². The smallest absolute Gasteiger partial charge is 0.275 e. The van der Waals surface area contributed by atoms with Gasteiger partial charge in [0.2, 0.25) is 0 Å². The van der Waals surface area contributed by atoms with E-state index in [0.29, 0.717) is 45.9 Å². The molecule has 0 bridgehead atoms. The van der Waals surface area contributed by atoms with Gasteiger partial charge in [-0.3, -0.25) is 15.6 Å². The van der Waals surface area contributed by atoms with Gasteiger partial charge in [-0.15, -0.1) is 0 Å². The standard InChI is InChI=1S/C24H27N5O5/c1-13-21(15-7-9-19(33-5)20(11-15)34-6)23-27-26-22(14(2)29(23)28-13)24(30)25-17-12-16(31-3)8-10-18(17)32-4/h7-12,26-27H,1-6H3,(H,25,30). The van der Waals surface area contributed by atoms with Crippen LogP contribution in [0.5, 0.6) is 23.0 Å². The van der Waals surface area contributed by atoms with Gasteiger partial charge in [-0.25, -0.2) is 4.68 Å². The van der Waals surface area contributed by atoms with Crippen molar-refractivity contribution in [2.24, 2.45) is 0 Å². The van der Waals surface area contributed by atoms with Gasteiger partial charge < -0.3 is 24.3 Å². The van der Waals surface area contributed by atoms with Crippen molar-refractivity contribution in [3.8, 4) is 34.1 Å². The Bertz CT molecular complexity index is 1280. The van der Waals surface area contributed by atoms with E-state index in [4.69, 9.17) is 18.9 Å². The van der Waals surface area contributed by atoms with Crippen LogP contribution in [0.4, 0.5) is 11.5 Å². The molecule has 0 saturated carbocycles. The molecule has 0 unspecified atom stereocenters. The number of aromatic nitrogens is 2. The second-order valence-electron chi connectivity index (χ2n) is 7.52. The van der Waals surface area contributed by atoms with Crippen molar-refractivity contribution in [3.05, 3.63) is 47.8 Å². The fourth-order valence-electron chi connectivity index (χ4n) is 3.86. The fraction of sp³-hybridized carbons (Fsp3) is 0.250. The molecule has 0 aliphatic carbocycles. The van der Waals surface area contributed by atoms with E-state index in [1.54, 1.807) is 44.2 Å². The first-order valence-corrected chi connectivity index (χ1v) is 10.5. The average Bonchev–Trinajstić information content (AvgIpc) is 3.20. The van der Waals surface area contributed by atoms with E-state index in [9.17, 15) is 4.79 Å². The number of fused-ring (bicyclic) bond motifs is 1. The third-order valence-corrected chi connectivity index (χ3v) is 5.60. The second kappa shape index (κ2) is 9.26. The zero-order chi connectivity index (χ0) is 24.4. The number of hydrazine groups is 1. The van der Waals surface area contributed by atoms with Crippen molar-refractivity contribution >= 4 is 23.1 Å². The first kappa shape index (κ1) is 22.8. The molecule has 10 heteroatoms. The van der Waals surface area contributed by atoms with Gasteiger partial charge in [0.1, 0.15) is 17.2 Å². The molecule has 3 N–H and O–H groups in total. The summed E-state index contributed by atoms with van der Waals surface area (Å²) in [5.74, 6) is 2.71. The summed E-state index contributed by atoms with van der Waals surface area (Å²) in [6.45, 7) is 3.73. The summed E-state index contributed by atoms with van der Waals surface area (Å²) in [5, 5.41) is 7.54. The molecular formula is C24H27N5O5. The second-order valence-corrected chi connectivity index (χ2v) is 7.52. The number of amides is 1. The predicted molar refractivity (Wildman–Crippen MR) is 129 cm³/mol. The van der Waals surface area contributed by atoms with E-state index in [-0.39, 0.29) is 5.91 Å². The van der Waals surface area contributed by atoms with E-state index in [1.165, 1.54) is 7.11 Å². The molecule has 0 radical (unpaired) electrons. The minimum absolute atomic E-state index is 0.318. The number of allylic oxidation sites excluding steroid dienone is 1. The lowest BCUT2D eigenvalue weighted by atomic mass is 10.0. The lowest BCUT2D eigenvalue weighted by Gasteiger charge is -2.23. The Morgan fingerprint density at radius 2 is 1.59 bits per heavy atom. The molecule has 0 spiro atoms. The van der Waals surface area contributed by atoms with E-state index >= 15 is 0 Å². The number of aryl methyl sites for hydroxylation is 1. The van der Waals surface area contributed by atoms with Gasteiger partial charge in [-0.05, 0) is 43.7 Å². The molecule has 0 atom stereocenters. The van der Waals surface area contributed by atoms with Gasteiger partial charge in [0, 0.05) is 11.6 Å². The molecule has 1 aliphatic heterocycles. The van der Waals surface area contributed by atoms with Crippen LogP contribution < -0.4 is 35.1 Å². The highest BCUT2D eigenvalue weighted by atomic mass is 16.5. The van der Waals surface area contributed by atoms with Crippen LogP contribution in [0, 0.1) is 6.92 Å². The Balaban J connectivity index is 1.69. The zero-order valence-corrected chi connectivity index (χ0v) is 19.9. The summed E-state index contributed by atoms with van der Waals surface area (Å²) >= 11 is 0. The monoisotopic (exact) mass is 465 g/mol. The number of rotatable bonds is 7. The van der Waals surface area contributed by atoms with Crippen LogP contribution in [0.15, 0.2) is 42.1 Å². The number of carbonyl (C=O) groups is 1. The number of anilines is 2. The largest absolute Gasteiger partial charge is 0.497 e. The lowest BCUT2D eigenvalue weighted by molar-refractivity contribution is -0.113. The predicted octanol–water partition coefficient (Wildman–Crippen LogP) is 3.65. The number of hydrogen-bond donors (Lipinski definition) is 3. The van der Waals surface area contributed by atoms with Crippen LogP contribution in [-0.4, -0.2) is 44.1 Å². The molecule has 1 amide bonds. The number of carbonyl (C=O) groups excluding carboxylic acids is 1. The van der Waals surface area contributed by atoms with Crippen LogP contribution in [0.1, 0.15) is 12.6 Å². The number of methoxy groups -OCH3 is 4. The molecule has 2 heterocycles. The molecule has 2 aromatic carbocycles. The third kappa shape index (κ3) is 3.94. The lowest BCUT2D eigenvalue weighted by Crippen LogP contribution is -2.36.